The van der Waals surface area contributed by atoms with Crippen LogP contribution in [0.2, 0.25) is 72.5 Å². The topological polar surface area (TPSA) is 36.9 Å². The summed E-state index contributed by atoms with van der Waals surface area (Å²) in [7, 11) is -6.32. The van der Waals surface area contributed by atoms with Crippen LogP contribution in [0, 0.1) is 71.0 Å². The molecule has 14 unspecified atom stereocenters. The zero-order chi connectivity index (χ0) is 50.9. The summed E-state index contributed by atoms with van der Waals surface area (Å²) >= 11 is 0. The molecule has 4 aliphatic rings. The maximum absolute atomic E-state index is 6.67. The molecule has 0 aromatic carbocycles. The molecule has 0 aromatic heterocycles. The van der Waals surface area contributed by atoms with Crippen molar-refractivity contribution in [2.24, 2.45) is 71.0 Å². The summed E-state index contributed by atoms with van der Waals surface area (Å²) in [5, 5.41) is 1.33. The Balaban J connectivity index is -0.000000394. The van der Waals surface area contributed by atoms with Crippen LogP contribution < -0.4 is 75.4 Å². The fourth-order valence-corrected chi connectivity index (χ4v) is 15.7. The minimum absolute atomic E-state index is 0. The van der Waals surface area contributed by atoms with Crippen LogP contribution in [0.1, 0.15) is 192 Å². The zero-order valence-corrected chi connectivity index (χ0v) is 57.7. The van der Waals surface area contributed by atoms with Gasteiger partial charge in [0.05, 0.1) is 18.3 Å². The molecule has 0 N–H and O–H groups in total. The molecule has 0 spiro atoms. The molecule has 4 saturated carbocycles. The van der Waals surface area contributed by atoms with Crippen molar-refractivity contribution in [2.45, 2.75) is 289 Å². The summed E-state index contributed by atoms with van der Waals surface area (Å²) in [6.07, 6.45) is 7.28. The van der Waals surface area contributed by atoms with E-state index in [0.717, 1.165) is 59.2 Å². The standard InChI is InChI=1S/C15H32OSi.2C14H30OSi.C13H28OSi.4Li/c1-10-11(2)13(4)14(12(10)3)16-17(8,9)15(5,6)7;1-10-9-13(12(3)11(10)2)15-16(7,8)14(4,5)6;1-10-9-11(2)13(12(10)3)15-16(7,8)14(4,5)6;1-10-8-9-11(2)12(10)14-15(6,7)13(3,4)5;;;;/h10-14H,1-9H3;2*10-13H,9H2,1-8H3;10-12H,8-9H2,1-7H3;;;;/q;;;;4*+1. The van der Waals surface area contributed by atoms with Gasteiger partial charge in [-0.3, -0.25) is 0 Å². The van der Waals surface area contributed by atoms with Gasteiger partial charge in [0, 0.05) is 6.10 Å². The first-order valence-electron chi connectivity index (χ1n) is 27.0. The average molecular weight is 998 g/mol. The van der Waals surface area contributed by atoms with Crippen LogP contribution in [0.5, 0.6) is 0 Å². The van der Waals surface area contributed by atoms with Gasteiger partial charge in [0.1, 0.15) is 0 Å². The molecule has 14 atom stereocenters. The molecule has 0 aliphatic heterocycles. The van der Waals surface area contributed by atoms with E-state index in [1.54, 1.807) is 0 Å². The van der Waals surface area contributed by atoms with Gasteiger partial charge in [0.2, 0.25) is 0 Å². The summed E-state index contributed by atoms with van der Waals surface area (Å²) in [6, 6.07) is 0. The molecule has 0 radical (unpaired) electrons. The predicted octanol–water partition coefficient (Wildman–Crippen LogP) is 6.77. The minimum atomic E-state index is -1.61. The molecule has 4 fully saturated rings. The van der Waals surface area contributed by atoms with Gasteiger partial charge in [-0.25, -0.2) is 0 Å². The quantitative estimate of drug-likeness (QED) is 0.252. The molecular weight excluding hydrogens is 877 g/mol. The first-order chi connectivity index (χ1) is 28.3. The fourth-order valence-electron chi connectivity index (χ4n) is 9.81. The Morgan fingerprint density at radius 2 is 0.559 bits per heavy atom. The number of rotatable bonds is 8. The summed E-state index contributed by atoms with van der Waals surface area (Å²) in [4.78, 5) is 0. The average Bonchev–Trinajstić information content (AvgIpc) is 3.70. The second-order valence-electron chi connectivity index (χ2n) is 29.4. The number of hydrogen-bond acceptors (Lipinski definition) is 4. The first kappa shape index (κ1) is 77.6. The third kappa shape index (κ3) is 20.8. The Hall–Kier alpha value is 3.10. The molecule has 384 valence electrons. The van der Waals surface area contributed by atoms with Crippen molar-refractivity contribution < 1.29 is 93.1 Å². The van der Waals surface area contributed by atoms with E-state index in [-0.39, 0.29) is 75.4 Å². The van der Waals surface area contributed by atoms with Crippen molar-refractivity contribution >= 4 is 33.3 Å². The summed E-state index contributed by atoms with van der Waals surface area (Å²) in [6.45, 7) is 75.3. The van der Waals surface area contributed by atoms with E-state index in [9.17, 15) is 0 Å². The third-order valence-electron chi connectivity index (χ3n) is 20.3. The van der Waals surface area contributed by atoms with Crippen LogP contribution in [0.25, 0.3) is 0 Å². The first-order valence-corrected chi connectivity index (χ1v) is 38.6. The van der Waals surface area contributed by atoms with Crippen LogP contribution in [0.4, 0.5) is 0 Å². The maximum Gasteiger partial charge on any atom is 1.00 e. The Labute approximate surface area is 481 Å². The van der Waals surface area contributed by atoms with E-state index in [1.807, 2.05) is 0 Å². The predicted molar refractivity (Wildman–Crippen MR) is 297 cm³/mol. The normalized spacial score (nSPS) is 34.6. The summed E-state index contributed by atoms with van der Waals surface area (Å²) in [5.74, 6) is 9.16. The summed E-state index contributed by atoms with van der Waals surface area (Å²) in [5.41, 5.74) is 0. The van der Waals surface area contributed by atoms with Crippen LogP contribution in [0.15, 0.2) is 0 Å². The Morgan fingerprint density at radius 1 is 0.279 bits per heavy atom. The molecule has 68 heavy (non-hydrogen) atoms. The van der Waals surface area contributed by atoms with Crippen LogP contribution in [-0.4, -0.2) is 57.7 Å². The van der Waals surface area contributed by atoms with Crippen LogP contribution >= 0.6 is 0 Å². The van der Waals surface area contributed by atoms with Crippen molar-refractivity contribution in [3.05, 3.63) is 0 Å². The fraction of sp³-hybridized carbons (Fsp3) is 1.00. The van der Waals surface area contributed by atoms with Crippen molar-refractivity contribution in [3.63, 3.8) is 0 Å². The maximum atomic E-state index is 6.67. The molecule has 4 nitrogen and oxygen atoms in total. The second kappa shape index (κ2) is 29.2. The molecule has 0 aromatic rings. The van der Waals surface area contributed by atoms with Gasteiger partial charge in [0.25, 0.3) is 0 Å². The smallest absolute Gasteiger partial charge is 0.414 e. The van der Waals surface area contributed by atoms with Gasteiger partial charge in [0.15, 0.2) is 33.3 Å². The van der Waals surface area contributed by atoms with Crippen LogP contribution in [-0.2, 0) is 17.7 Å². The van der Waals surface area contributed by atoms with Gasteiger partial charge in [-0.2, -0.15) is 0 Å². The van der Waals surface area contributed by atoms with Gasteiger partial charge in [-0.15, -0.1) is 0 Å². The monoisotopic (exact) mass is 997 g/mol. The largest absolute Gasteiger partial charge is 1.00 e. The van der Waals surface area contributed by atoms with Crippen molar-refractivity contribution in [1.82, 2.24) is 0 Å². The zero-order valence-electron chi connectivity index (χ0n) is 53.7. The van der Waals surface area contributed by atoms with Gasteiger partial charge in [-0.05, 0) is 169 Å². The van der Waals surface area contributed by atoms with E-state index >= 15 is 0 Å². The Morgan fingerprint density at radius 3 is 0.824 bits per heavy atom. The van der Waals surface area contributed by atoms with E-state index in [0.29, 0.717) is 56.4 Å². The second-order valence-corrected chi connectivity index (χ2v) is 48.4. The molecule has 0 saturated heterocycles. The molecule has 0 bridgehead atoms. The van der Waals surface area contributed by atoms with Crippen molar-refractivity contribution in [3.8, 4) is 0 Å². The van der Waals surface area contributed by atoms with Gasteiger partial charge < -0.3 is 17.7 Å². The van der Waals surface area contributed by atoms with Gasteiger partial charge >= 0.3 is 75.4 Å². The SMILES string of the molecule is CC1C(C)C(C)C(O[Si](C)(C)C(C)(C)C)C1C.CC1CC(C)C(O[Si](C)(C)C(C)(C)C)C1C.CC1CC(O[Si](C)(C)C(C)(C)C)C(C)C1C.CC1CCC(C)C1O[Si](C)(C)C(C)(C)C.[Li+].[Li+].[Li+].[Li+]. The summed E-state index contributed by atoms with van der Waals surface area (Å²) < 4.78 is 26.3. The molecule has 12 heteroatoms. The van der Waals surface area contributed by atoms with E-state index in [1.165, 1.54) is 25.7 Å². The molecular formula is C56H120Li4O4Si4+4. The van der Waals surface area contributed by atoms with E-state index in [4.69, 9.17) is 17.7 Å². The van der Waals surface area contributed by atoms with Crippen LogP contribution in [0.3, 0.4) is 0 Å². The Bertz CT molecular complexity index is 1380. The molecule has 4 aliphatic carbocycles. The van der Waals surface area contributed by atoms with Crippen molar-refractivity contribution in [1.29, 1.82) is 0 Å². The number of hydrogen-bond donors (Lipinski definition) is 0. The van der Waals surface area contributed by atoms with Gasteiger partial charge in [-0.1, -0.05) is 166 Å². The minimum Gasteiger partial charge on any atom is -0.414 e. The molecule has 0 heterocycles. The molecule has 0 amide bonds. The van der Waals surface area contributed by atoms with Crippen molar-refractivity contribution in [2.75, 3.05) is 0 Å². The van der Waals surface area contributed by atoms with E-state index < -0.39 is 33.3 Å². The third-order valence-corrected chi connectivity index (χ3v) is 38.2. The molecule has 4 rings (SSSR count). The Kier molecular flexibility index (Phi) is 33.3. The van der Waals surface area contributed by atoms with E-state index in [2.05, 4.69) is 219 Å².